The van der Waals surface area contributed by atoms with Crippen LogP contribution in [-0.4, -0.2) is 39.6 Å². The molecule has 0 saturated carbocycles. The minimum absolute atomic E-state index is 0.0597. The molecule has 2 heterocycles. The van der Waals surface area contributed by atoms with E-state index in [2.05, 4.69) is 10.4 Å². The highest BCUT2D eigenvalue weighted by Gasteiger charge is 2.31. The fourth-order valence-corrected chi connectivity index (χ4v) is 4.11. The molecule has 0 radical (unpaired) electrons. The highest BCUT2D eigenvalue weighted by Crippen LogP contribution is 2.29. The van der Waals surface area contributed by atoms with Gasteiger partial charge in [0.15, 0.2) is 0 Å². The van der Waals surface area contributed by atoms with Crippen LogP contribution >= 0.6 is 0 Å². The molecule has 0 spiro atoms. The Labute approximate surface area is 195 Å². The van der Waals surface area contributed by atoms with Gasteiger partial charge in [-0.05, 0) is 54.3 Å². The van der Waals surface area contributed by atoms with Crippen LogP contribution in [0.1, 0.15) is 39.9 Å². The second kappa shape index (κ2) is 10.1. The minimum Gasteiger partial charge on any atom is -0.352 e. The van der Waals surface area contributed by atoms with Gasteiger partial charge in [0.25, 0.3) is 5.91 Å². The van der Waals surface area contributed by atoms with Crippen molar-refractivity contribution in [2.75, 3.05) is 13.1 Å². The first kappa shape index (κ1) is 23.5. The average molecular weight is 470 g/mol. The van der Waals surface area contributed by atoms with Gasteiger partial charge in [-0.15, -0.1) is 0 Å². The second-order valence-electron chi connectivity index (χ2n) is 8.33. The molecule has 178 valence electrons. The number of amides is 2. The van der Waals surface area contributed by atoms with E-state index in [4.69, 9.17) is 0 Å². The first-order valence-corrected chi connectivity index (χ1v) is 11.1. The lowest BCUT2D eigenvalue weighted by Crippen LogP contribution is -2.43. The largest absolute Gasteiger partial charge is 0.416 e. The molecule has 0 atom stereocenters. The summed E-state index contributed by atoms with van der Waals surface area (Å²) in [5, 5.41) is 7.23. The van der Waals surface area contributed by atoms with Crippen LogP contribution in [0.4, 0.5) is 13.2 Å². The van der Waals surface area contributed by atoms with Crippen molar-refractivity contribution in [3.63, 3.8) is 0 Å². The quantitative estimate of drug-likeness (QED) is 0.590. The van der Waals surface area contributed by atoms with E-state index < -0.39 is 11.7 Å². The molecule has 1 fully saturated rings. The van der Waals surface area contributed by atoms with Crippen molar-refractivity contribution in [2.45, 2.75) is 32.1 Å². The van der Waals surface area contributed by atoms with Crippen LogP contribution < -0.4 is 5.32 Å². The Balaban J connectivity index is 1.28. The zero-order chi connectivity index (χ0) is 24.1. The maximum atomic E-state index is 12.7. The zero-order valence-corrected chi connectivity index (χ0v) is 18.5. The number of likely N-dealkylation sites (tertiary alicyclic amines) is 1. The third kappa shape index (κ3) is 5.65. The van der Waals surface area contributed by atoms with Crippen LogP contribution in [0.15, 0.2) is 67.0 Å². The Morgan fingerprint density at radius 2 is 1.65 bits per heavy atom. The summed E-state index contributed by atoms with van der Waals surface area (Å²) in [5.74, 6) is -0.592. The van der Waals surface area contributed by atoms with Gasteiger partial charge in [-0.2, -0.15) is 18.3 Å². The summed E-state index contributed by atoms with van der Waals surface area (Å²) in [5.41, 5.74) is 1.51. The summed E-state index contributed by atoms with van der Waals surface area (Å²) >= 11 is 0. The summed E-state index contributed by atoms with van der Waals surface area (Å²) < 4.78 is 40.0. The molecule has 3 aromatic rings. The molecule has 34 heavy (non-hydrogen) atoms. The van der Waals surface area contributed by atoms with E-state index in [0.29, 0.717) is 39.0 Å². The van der Waals surface area contributed by atoms with E-state index in [-0.39, 0.29) is 23.3 Å². The van der Waals surface area contributed by atoms with Gasteiger partial charge in [0.2, 0.25) is 5.91 Å². The number of nitrogens with zero attached hydrogens (tertiary/aromatic N) is 3. The van der Waals surface area contributed by atoms with Gasteiger partial charge < -0.3 is 10.2 Å². The van der Waals surface area contributed by atoms with Crippen molar-refractivity contribution in [3.05, 3.63) is 89.2 Å². The Morgan fingerprint density at radius 1 is 0.971 bits per heavy atom. The summed E-state index contributed by atoms with van der Waals surface area (Å²) in [4.78, 5) is 27.0. The monoisotopic (exact) mass is 470 g/mol. The number of halogens is 3. The molecule has 0 bridgehead atoms. The molecule has 1 aliphatic rings. The lowest BCUT2D eigenvalue weighted by molar-refractivity contribution is -0.137. The van der Waals surface area contributed by atoms with Crippen molar-refractivity contribution in [3.8, 4) is 0 Å². The van der Waals surface area contributed by atoms with Crippen LogP contribution in [0.5, 0.6) is 0 Å². The SMILES string of the molecule is O=C(NCc1ccccc1Cn1cccn1)C1CCN(C(=O)c2ccc(C(F)(F)F)cc2)CC1. The van der Waals surface area contributed by atoms with Crippen molar-refractivity contribution >= 4 is 11.8 Å². The predicted octanol–water partition coefficient (Wildman–Crippen LogP) is 4.12. The number of benzene rings is 2. The Morgan fingerprint density at radius 3 is 2.26 bits per heavy atom. The van der Waals surface area contributed by atoms with E-state index in [1.165, 1.54) is 12.1 Å². The van der Waals surface area contributed by atoms with Crippen LogP contribution in [0.3, 0.4) is 0 Å². The van der Waals surface area contributed by atoms with Gasteiger partial charge in [-0.25, -0.2) is 0 Å². The minimum atomic E-state index is -4.44. The van der Waals surface area contributed by atoms with Crippen LogP contribution in [-0.2, 0) is 24.1 Å². The number of hydrogen-bond acceptors (Lipinski definition) is 3. The number of carbonyl (C=O) groups excluding carboxylic acids is 2. The summed E-state index contributed by atoms with van der Waals surface area (Å²) in [6.07, 6.45) is 0.182. The average Bonchev–Trinajstić information content (AvgIpc) is 3.36. The number of alkyl halides is 3. The van der Waals surface area contributed by atoms with E-state index in [9.17, 15) is 22.8 Å². The maximum Gasteiger partial charge on any atom is 0.416 e. The maximum absolute atomic E-state index is 12.7. The molecule has 9 heteroatoms. The molecule has 2 aromatic carbocycles. The van der Waals surface area contributed by atoms with Crippen molar-refractivity contribution < 1.29 is 22.8 Å². The number of carbonyl (C=O) groups is 2. The number of nitrogens with one attached hydrogen (secondary N) is 1. The number of aromatic nitrogens is 2. The van der Waals surface area contributed by atoms with Crippen LogP contribution in [0.25, 0.3) is 0 Å². The van der Waals surface area contributed by atoms with E-state index >= 15 is 0 Å². The molecule has 2 amide bonds. The molecular weight excluding hydrogens is 445 g/mol. The topological polar surface area (TPSA) is 67.2 Å². The van der Waals surface area contributed by atoms with Crippen molar-refractivity contribution in [1.82, 2.24) is 20.0 Å². The van der Waals surface area contributed by atoms with Crippen molar-refractivity contribution in [1.29, 1.82) is 0 Å². The molecule has 1 aromatic heterocycles. The summed E-state index contributed by atoms with van der Waals surface area (Å²) in [6, 6.07) is 14.0. The lowest BCUT2D eigenvalue weighted by atomic mass is 9.95. The fourth-order valence-electron chi connectivity index (χ4n) is 4.11. The summed E-state index contributed by atoms with van der Waals surface area (Å²) in [6.45, 7) is 1.78. The predicted molar refractivity (Wildman–Crippen MR) is 120 cm³/mol. The third-order valence-electron chi connectivity index (χ3n) is 6.08. The second-order valence-corrected chi connectivity index (χ2v) is 8.33. The molecule has 0 unspecified atom stereocenters. The first-order chi connectivity index (χ1) is 16.3. The summed E-state index contributed by atoms with van der Waals surface area (Å²) in [7, 11) is 0. The molecule has 1 N–H and O–H groups in total. The van der Waals surface area contributed by atoms with Crippen LogP contribution in [0.2, 0.25) is 0 Å². The standard InChI is InChI=1S/C25H25F3N4O2/c26-25(27,28)22-8-6-19(7-9-22)24(34)31-14-10-18(11-15-31)23(33)29-16-20-4-1-2-5-21(20)17-32-13-3-12-30-32/h1-9,12-13,18H,10-11,14-17H2,(H,29,33). The molecular formula is C25H25F3N4O2. The molecule has 1 aliphatic heterocycles. The highest BCUT2D eigenvalue weighted by atomic mass is 19.4. The van der Waals surface area contributed by atoms with E-state index in [1.807, 2.05) is 41.2 Å². The smallest absolute Gasteiger partial charge is 0.352 e. The van der Waals surface area contributed by atoms with E-state index in [1.54, 1.807) is 11.1 Å². The van der Waals surface area contributed by atoms with E-state index in [0.717, 1.165) is 23.3 Å². The first-order valence-electron chi connectivity index (χ1n) is 11.1. The number of hydrogen-bond donors (Lipinski definition) is 1. The lowest BCUT2D eigenvalue weighted by Gasteiger charge is -2.31. The normalized spacial score (nSPS) is 14.7. The molecule has 0 aliphatic carbocycles. The Bertz CT molecular complexity index is 1120. The third-order valence-corrected chi connectivity index (χ3v) is 6.08. The van der Waals surface area contributed by atoms with Gasteiger partial charge in [-0.3, -0.25) is 14.3 Å². The molecule has 6 nitrogen and oxygen atoms in total. The van der Waals surface area contributed by atoms with Crippen LogP contribution in [0, 0.1) is 5.92 Å². The number of piperidine rings is 1. The van der Waals surface area contributed by atoms with Crippen molar-refractivity contribution in [2.24, 2.45) is 5.92 Å². The Kier molecular flexibility index (Phi) is 7.00. The number of rotatable bonds is 6. The van der Waals surface area contributed by atoms with Gasteiger partial charge in [-0.1, -0.05) is 24.3 Å². The Hall–Kier alpha value is -3.62. The van der Waals surface area contributed by atoms with Gasteiger partial charge in [0.1, 0.15) is 0 Å². The van der Waals surface area contributed by atoms with Gasteiger partial charge in [0.05, 0.1) is 12.1 Å². The molecule has 1 saturated heterocycles. The zero-order valence-electron chi connectivity index (χ0n) is 18.5. The molecule has 4 rings (SSSR count). The van der Waals surface area contributed by atoms with Gasteiger partial charge in [0, 0.05) is 43.5 Å². The fraction of sp³-hybridized carbons (Fsp3) is 0.320. The highest BCUT2D eigenvalue weighted by molar-refractivity contribution is 5.94. The van der Waals surface area contributed by atoms with Gasteiger partial charge >= 0.3 is 6.18 Å².